The first-order valence-electron chi connectivity index (χ1n) is 5.68. The van der Waals surface area contributed by atoms with Crippen molar-refractivity contribution in [1.82, 2.24) is 10.3 Å². The van der Waals surface area contributed by atoms with E-state index in [0.717, 1.165) is 18.0 Å². The van der Waals surface area contributed by atoms with E-state index in [2.05, 4.69) is 31.1 Å². The zero-order chi connectivity index (χ0) is 12.2. The highest BCUT2D eigenvalue weighted by Crippen LogP contribution is 2.30. The summed E-state index contributed by atoms with van der Waals surface area (Å²) in [5.74, 6) is 0.567. The standard InChI is InChI=1S/C13H21ClN2/c1-13(2,3)11(8-15-4)7-10-5-6-16-9-12(10)14/h5-6,9,11,15H,7-8H2,1-4H3. The van der Waals surface area contributed by atoms with Gasteiger partial charge in [-0.1, -0.05) is 32.4 Å². The summed E-state index contributed by atoms with van der Waals surface area (Å²) in [4.78, 5) is 4.01. The third-order valence-electron chi connectivity index (χ3n) is 3.00. The molecule has 0 aliphatic carbocycles. The van der Waals surface area contributed by atoms with Crippen LogP contribution in [0.15, 0.2) is 18.5 Å². The number of rotatable bonds is 4. The van der Waals surface area contributed by atoms with Crippen molar-refractivity contribution in [3.8, 4) is 0 Å². The molecule has 0 bridgehead atoms. The van der Waals surface area contributed by atoms with Crippen molar-refractivity contribution < 1.29 is 0 Å². The molecular formula is C13H21ClN2. The van der Waals surface area contributed by atoms with Crippen LogP contribution in [0.1, 0.15) is 26.3 Å². The van der Waals surface area contributed by atoms with E-state index in [9.17, 15) is 0 Å². The number of nitrogens with one attached hydrogen (secondary N) is 1. The number of halogens is 1. The first-order valence-corrected chi connectivity index (χ1v) is 6.06. The molecule has 0 saturated carbocycles. The molecule has 1 unspecified atom stereocenters. The fourth-order valence-corrected chi connectivity index (χ4v) is 1.96. The number of hydrogen-bond donors (Lipinski definition) is 1. The maximum atomic E-state index is 6.14. The molecule has 0 aromatic carbocycles. The first kappa shape index (κ1) is 13.5. The molecule has 1 rings (SSSR count). The van der Waals surface area contributed by atoms with Gasteiger partial charge in [0, 0.05) is 12.4 Å². The molecule has 0 spiro atoms. The van der Waals surface area contributed by atoms with Gasteiger partial charge in [0.25, 0.3) is 0 Å². The van der Waals surface area contributed by atoms with Crippen molar-refractivity contribution in [2.75, 3.05) is 13.6 Å². The molecular weight excluding hydrogens is 220 g/mol. The Morgan fingerprint density at radius 2 is 2.12 bits per heavy atom. The summed E-state index contributed by atoms with van der Waals surface area (Å²) >= 11 is 6.14. The number of pyridine rings is 1. The molecule has 90 valence electrons. The van der Waals surface area contributed by atoms with E-state index in [0.29, 0.717) is 5.92 Å². The van der Waals surface area contributed by atoms with E-state index in [1.54, 1.807) is 12.4 Å². The van der Waals surface area contributed by atoms with Gasteiger partial charge in [0.05, 0.1) is 5.02 Å². The number of aromatic nitrogens is 1. The van der Waals surface area contributed by atoms with Crippen molar-refractivity contribution in [3.63, 3.8) is 0 Å². The molecule has 3 heteroatoms. The molecule has 1 aromatic rings. The lowest BCUT2D eigenvalue weighted by Gasteiger charge is -2.31. The van der Waals surface area contributed by atoms with E-state index in [4.69, 9.17) is 11.6 Å². The second-order valence-corrected chi connectivity index (χ2v) is 5.70. The molecule has 0 saturated heterocycles. The zero-order valence-electron chi connectivity index (χ0n) is 10.5. The van der Waals surface area contributed by atoms with Gasteiger partial charge in [0.1, 0.15) is 0 Å². The largest absolute Gasteiger partial charge is 0.319 e. The van der Waals surface area contributed by atoms with Gasteiger partial charge in [-0.2, -0.15) is 0 Å². The quantitative estimate of drug-likeness (QED) is 0.875. The van der Waals surface area contributed by atoms with Crippen LogP contribution in [0, 0.1) is 11.3 Å². The average molecular weight is 241 g/mol. The van der Waals surface area contributed by atoms with Crippen LogP contribution in [0.25, 0.3) is 0 Å². The van der Waals surface area contributed by atoms with Crippen LogP contribution in [0.4, 0.5) is 0 Å². The topological polar surface area (TPSA) is 24.9 Å². The molecule has 1 heterocycles. The van der Waals surface area contributed by atoms with Gasteiger partial charge >= 0.3 is 0 Å². The minimum atomic E-state index is 0.273. The van der Waals surface area contributed by atoms with Crippen LogP contribution in [0.2, 0.25) is 5.02 Å². The summed E-state index contributed by atoms with van der Waals surface area (Å²) in [6.07, 6.45) is 4.52. The number of hydrogen-bond acceptors (Lipinski definition) is 2. The summed E-state index contributed by atoms with van der Waals surface area (Å²) in [7, 11) is 1.99. The van der Waals surface area contributed by atoms with Crippen LogP contribution in [0.3, 0.4) is 0 Å². The molecule has 0 aliphatic rings. The monoisotopic (exact) mass is 240 g/mol. The maximum absolute atomic E-state index is 6.14. The molecule has 2 nitrogen and oxygen atoms in total. The van der Waals surface area contributed by atoms with Crippen LogP contribution < -0.4 is 5.32 Å². The van der Waals surface area contributed by atoms with E-state index in [1.165, 1.54) is 5.56 Å². The Morgan fingerprint density at radius 1 is 1.44 bits per heavy atom. The van der Waals surface area contributed by atoms with Gasteiger partial charge in [-0.05, 0) is 43.0 Å². The highest BCUT2D eigenvalue weighted by molar-refractivity contribution is 6.31. The summed E-state index contributed by atoms with van der Waals surface area (Å²) in [6.45, 7) is 7.81. The third kappa shape index (κ3) is 3.76. The molecule has 0 radical (unpaired) electrons. The van der Waals surface area contributed by atoms with Crippen LogP contribution in [-0.2, 0) is 6.42 Å². The van der Waals surface area contributed by atoms with Crippen molar-refractivity contribution in [1.29, 1.82) is 0 Å². The van der Waals surface area contributed by atoms with Crippen molar-refractivity contribution in [2.24, 2.45) is 11.3 Å². The lowest BCUT2D eigenvalue weighted by molar-refractivity contribution is 0.235. The van der Waals surface area contributed by atoms with Crippen molar-refractivity contribution >= 4 is 11.6 Å². The van der Waals surface area contributed by atoms with Gasteiger partial charge in [0.2, 0.25) is 0 Å². The van der Waals surface area contributed by atoms with Crippen molar-refractivity contribution in [3.05, 3.63) is 29.0 Å². The second kappa shape index (κ2) is 5.65. The van der Waals surface area contributed by atoms with Gasteiger partial charge < -0.3 is 5.32 Å². The normalized spacial score (nSPS) is 13.8. The lowest BCUT2D eigenvalue weighted by Crippen LogP contribution is -2.31. The molecule has 0 aliphatic heterocycles. The number of nitrogens with zero attached hydrogens (tertiary/aromatic N) is 1. The molecule has 1 aromatic heterocycles. The summed E-state index contributed by atoms with van der Waals surface area (Å²) in [6, 6.07) is 2.01. The van der Waals surface area contributed by atoms with Gasteiger partial charge in [-0.15, -0.1) is 0 Å². The Bertz CT molecular complexity index is 331. The smallest absolute Gasteiger partial charge is 0.0621 e. The second-order valence-electron chi connectivity index (χ2n) is 5.29. The first-order chi connectivity index (χ1) is 7.45. The zero-order valence-corrected chi connectivity index (χ0v) is 11.3. The summed E-state index contributed by atoms with van der Waals surface area (Å²) in [5, 5.41) is 4.03. The van der Waals surface area contributed by atoms with E-state index in [1.807, 2.05) is 13.1 Å². The fourth-order valence-electron chi connectivity index (χ4n) is 1.77. The Balaban J connectivity index is 2.80. The average Bonchev–Trinajstić information content (AvgIpc) is 2.19. The van der Waals surface area contributed by atoms with Gasteiger partial charge in [0.15, 0.2) is 0 Å². The van der Waals surface area contributed by atoms with Crippen molar-refractivity contribution in [2.45, 2.75) is 27.2 Å². The third-order valence-corrected chi connectivity index (χ3v) is 3.34. The Labute approximate surface area is 103 Å². The van der Waals surface area contributed by atoms with Crippen LogP contribution >= 0.6 is 11.6 Å². The Hall–Kier alpha value is -0.600. The Morgan fingerprint density at radius 3 is 2.62 bits per heavy atom. The molecule has 0 amide bonds. The fraction of sp³-hybridized carbons (Fsp3) is 0.615. The maximum Gasteiger partial charge on any atom is 0.0621 e. The van der Waals surface area contributed by atoms with E-state index in [-0.39, 0.29) is 5.41 Å². The van der Waals surface area contributed by atoms with Gasteiger partial charge in [-0.25, -0.2) is 0 Å². The summed E-state index contributed by atoms with van der Waals surface area (Å²) in [5.41, 5.74) is 1.46. The van der Waals surface area contributed by atoms with E-state index < -0.39 is 0 Å². The SMILES string of the molecule is CNCC(Cc1ccncc1Cl)C(C)(C)C. The molecule has 16 heavy (non-hydrogen) atoms. The summed E-state index contributed by atoms with van der Waals surface area (Å²) < 4.78 is 0. The Kier molecular flexibility index (Phi) is 4.75. The molecule has 0 fully saturated rings. The minimum absolute atomic E-state index is 0.273. The van der Waals surface area contributed by atoms with Gasteiger partial charge in [-0.3, -0.25) is 4.98 Å². The highest BCUT2D eigenvalue weighted by atomic mass is 35.5. The predicted molar refractivity (Wildman–Crippen MR) is 69.8 cm³/mol. The highest BCUT2D eigenvalue weighted by Gasteiger charge is 2.24. The molecule has 1 N–H and O–H groups in total. The van der Waals surface area contributed by atoms with Crippen LogP contribution in [0.5, 0.6) is 0 Å². The van der Waals surface area contributed by atoms with E-state index >= 15 is 0 Å². The molecule has 1 atom stereocenters. The minimum Gasteiger partial charge on any atom is -0.319 e. The van der Waals surface area contributed by atoms with Crippen LogP contribution in [-0.4, -0.2) is 18.6 Å². The lowest BCUT2D eigenvalue weighted by atomic mass is 9.77. The predicted octanol–water partition coefficient (Wildman–Crippen LogP) is 3.16.